The van der Waals surface area contributed by atoms with Crippen molar-refractivity contribution in [3.8, 4) is 0 Å². The van der Waals surface area contributed by atoms with E-state index < -0.39 is 0 Å². The maximum absolute atomic E-state index is 2.35. The zero-order valence-electron chi connectivity index (χ0n) is 12.9. The molecule has 0 spiro atoms. The number of hydrogen-bond acceptors (Lipinski definition) is 1. The van der Waals surface area contributed by atoms with Gasteiger partial charge in [0.1, 0.15) is 0 Å². The van der Waals surface area contributed by atoms with Crippen molar-refractivity contribution in [1.29, 1.82) is 0 Å². The summed E-state index contributed by atoms with van der Waals surface area (Å²) in [5, 5.41) is 0.617. The van der Waals surface area contributed by atoms with Crippen LogP contribution in [0.15, 0.2) is 50.8 Å². The molecule has 1 aliphatic rings. The number of rotatable bonds is 4. The molecule has 1 aliphatic carbocycles. The van der Waals surface area contributed by atoms with Gasteiger partial charge in [-0.2, -0.15) is 0 Å². The molecule has 113 valence electrons. The third-order valence-electron chi connectivity index (χ3n) is 3.53. The minimum absolute atomic E-state index is 0. The summed E-state index contributed by atoms with van der Waals surface area (Å²) in [4.78, 5) is 1.42. The number of benzene rings is 1. The fourth-order valence-corrected chi connectivity index (χ4v) is 4.49. The zero-order chi connectivity index (χ0) is 14.0. The van der Waals surface area contributed by atoms with Gasteiger partial charge >= 0.3 is 133 Å². The molecule has 0 saturated heterocycles. The minimum atomic E-state index is 0. The largest absolute Gasteiger partial charge is 1.00 e. The molecule has 0 atom stereocenters. The number of allylic oxidation sites excluding steroid dienone is 4. The van der Waals surface area contributed by atoms with Gasteiger partial charge in [-0.25, -0.2) is 0 Å². The Hall–Kier alpha value is 0.344. The Morgan fingerprint density at radius 2 is 1.76 bits per heavy atom. The third kappa shape index (κ3) is 4.91. The van der Waals surface area contributed by atoms with Crippen molar-refractivity contribution in [3.63, 3.8) is 0 Å². The van der Waals surface area contributed by atoms with E-state index >= 15 is 0 Å². The third-order valence-corrected chi connectivity index (χ3v) is 5.35. The fourth-order valence-electron chi connectivity index (χ4n) is 2.58. The Morgan fingerprint density at radius 3 is 2.29 bits per heavy atom. The Balaban J connectivity index is 0.00000200. The molecule has 0 nitrogen and oxygen atoms in total. The molecular weight excluding hydrogens is 355 g/mol. The summed E-state index contributed by atoms with van der Waals surface area (Å²) in [7, 11) is 0. The molecule has 0 unspecified atom stereocenters. The summed E-state index contributed by atoms with van der Waals surface area (Å²) in [5.74, 6) is 0. The molecule has 0 bridgehead atoms. The molecule has 0 N–H and O–H groups in total. The van der Waals surface area contributed by atoms with E-state index in [0.29, 0.717) is 5.25 Å². The smallest absolute Gasteiger partial charge is 1.00 e. The van der Waals surface area contributed by atoms with Crippen LogP contribution in [0.5, 0.6) is 0 Å². The van der Waals surface area contributed by atoms with Gasteiger partial charge in [-0.3, -0.25) is 0 Å². The van der Waals surface area contributed by atoms with Crippen LogP contribution >= 0.6 is 11.8 Å². The quantitative estimate of drug-likeness (QED) is 0.492. The molecule has 21 heavy (non-hydrogen) atoms. The van der Waals surface area contributed by atoms with Gasteiger partial charge < -0.3 is 24.8 Å². The van der Waals surface area contributed by atoms with E-state index in [1.807, 2.05) is 11.8 Å². The molecule has 0 aliphatic heterocycles. The summed E-state index contributed by atoms with van der Waals surface area (Å²) < 4.78 is 1.51. The number of halogens is 2. The molecule has 1 aromatic rings. The predicted octanol–water partition coefficient (Wildman–Crippen LogP) is -0.766. The van der Waals surface area contributed by atoms with E-state index in [0.717, 1.165) is 6.42 Å². The molecular formula is C17H21Cl2STi. The average molecular weight is 376 g/mol. The van der Waals surface area contributed by atoms with E-state index in [1.165, 1.54) is 19.9 Å². The number of hydrogen-bond donors (Lipinski definition) is 0. The number of thioether (sulfide) groups is 1. The minimum Gasteiger partial charge on any atom is -1.00 e. The second-order valence-corrected chi connectivity index (χ2v) is 8.35. The molecule has 0 saturated carbocycles. The fraction of sp³-hybridized carbons (Fsp3) is 0.412. The van der Waals surface area contributed by atoms with Gasteiger partial charge in [0.2, 0.25) is 0 Å². The van der Waals surface area contributed by atoms with Crippen molar-refractivity contribution in [2.45, 2.75) is 49.7 Å². The first-order valence-corrected chi connectivity index (χ1v) is 8.47. The van der Waals surface area contributed by atoms with Gasteiger partial charge in [-0.15, -0.1) is 0 Å². The average Bonchev–Trinajstić information content (AvgIpc) is 2.76. The van der Waals surface area contributed by atoms with Crippen molar-refractivity contribution in [1.82, 2.24) is 0 Å². The van der Waals surface area contributed by atoms with Crippen LogP contribution in [0.3, 0.4) is 0 Å². The van der Waals surface area contributed by atoms with E-state index in [4.69, 9.17) is 0 Å². The monoisotopic (exact) mass is 375 g/mol. The molecule has 0 fully saturated rings. The first-order valence-electron chi connectivity index (χ1n) is 6.81. The van der Waals surface area contributed by atoms with Crippen LogP contribution in [0.2, 0.25) is 0 Å². The van der Waals surface area contributed by atoms with E-state index in [2.05, 4.69) is 84.5 Å². The summed E-state index contributed by atoms with van der Waals surface area (Å²) in [5.41, 5.74) is 3.04. The maximum atomic E-state index is 2.35. The molecule has 1 aromatic carbocycles. The summed E-state index contributed by atoms with van der Waals surface area (Å²) in [6.07, 6.45) is 5.70. The normalized spacial score (nSPS) is 14.2. The summed E-state index contributed by atoms with van der Waals surface area (Å²) >= 11 is 4.22. The molecule has 0 aromatic heterocycles. The zero-order valence-corrected chi connectivity index (χ0v) is 16.8. The second-order valence-electron chi connectivity index (χ2n) is 5.79. The van der Waals surface area contributed by atoms with Crippen LogP contribution in [0.25, 0.3) is 0 Å². The summed E-state index contributed by atoms with van der Waals surface area (Å²) in [6.45, 7) is 9.21. The van der Waals surface area contributed by atoms with Gasteiger partial charge in [0.25, 0.3) is 0 Å². The van der Waals surface area contributed by atoms with E-state index in [9.17, 15) is 0 Å². The van der Waals surface area contributed by atoms with Crippen LogP contribution in [0.1, 0.15) is 39.7 Å². The van der Waals surface area contributed by atoms with Crippen LogP contribution < -0.4 is 24.8 Å². The van der Waals surface area contributed by atoms with Gasteiger partial charge in [0.05, 0.1) is 0 Å². The Morgan fingerprint density at radius 1 is 1.14 bits per heavy atom. The van der Waals surface area contributed by atoms with Gasteiger partial charge in [-0.05, 0) is 0 Å². The Bertz CT molecular complexity index is 533. The second kappa shape index (κ2) is 8.84. The van der Waals surface area contributed by atoms with Crippen LogP contribution in [-0.2, 0) is 25.9 Å². The molecule has 0 amide bonds. The predicted molar refractivity (Wildman–Crippen MR) is 81.2 cm³/mol. The molecule has 2 rings (SSSR count). The van der Waals surface area contributed by atoms with Crippen molar-refractivity contribution in [2.24, 2.45) is 0 Å². The maximum Gasteiger partial charge on any atom is -1.00 e. The topological polar surface area (TPSA) is 0 Å². The Kier molecular flexibility index (Phi) is 8.99. The first-order chi connectivity index (χ1) is 8.93. The van der Waals surface area contributed by atoms with Crippen LogP contribution in [0.4, 0.5) is 0 Å². The van der Waals surface area contributed by atoms with Crippen LogP contribution in [-0.4, -0.2) is 5.25 Å². The van der Waals surface area contributed by atoms with Gasteiger partial charge in [-0.1, -0.05) is 0 Å². The van der Waals surface area contributed by atoms with E-state index in [1.54, 1.807) is 0 Å². The summed E-state index contributed by atoms with van der Waals surface area (Å²) in [6, 6.07) is 8.86. The van der Waals surface area contributed by atoms with Crippen molar-refractivity contribution in [3.05, 3.63) is 51.4 Å². The standard InChI is InChI=1S/C17H21S.2ClH.Ti/c1-13(2)18-16-12-8-7-11-15(16)17(3,4)14-9-5-6-10-14;;;/h5,7-9,11-13H,6H2,1-4H3;2*1H;/q;;;+2/p-2. The van der Waals surface area contributed by atoms with Crippen LogP contribution in [0, 0.1) is 0 Å². The Labute approximate surface area is 157 Å². The van der Waals surface area contributed by atoms with Crippen molar-refractivity contribution >= 4 is 11.8 Å². The van der Waals surface area contributed by atoms with Gasteiger partial charge in [0, 0.05) is 0 Å². The first kappa shape index (κ1) is 21.3. The SMILES string of the molecule is CC(C)Sc1ccccc1C(C)(C)C1=[C]([Ti+2])CC=C1.[Cl-].[Cl-]. The van der Waals surface area contributed by atoms with Crippen molar-refractivity contribution in [2.75, 3.05) is 0 Å². The van der Waals surface area contributed by atoms with Gasteiger partial charge in [0.15, 0.2) is 0 Å². The molecule has 4 heteroatoms. The van der Waals surface area contributed by atoms with Crippen molar-refractivity contribution < 1.29 is 45.2 Å². The molecule has 0 radical (unpaired) electrons. The van der Waals surface area contributed by atoms with E-state index in [-0.39, 0.29) is 30.2 Å². The molecule has 0 heterocycles.